The summed E-state index contributed by atoms with van der Waals surface area (Å²) < 4.78 is 0. The fraction of sp³-hybridized carbons (Fsp3) is 0.222. The minimum atomic E-state index is 0.539. The molecular formula is C18H21N3S. The third kappa shape index (κ3) is 5.66. The standard InChI is InChI=1S/C18H21N3S/c1-2-15-8-10-17(11-9-15)14-20-21-18(22)19-13-12-16-6-4-3-5-7-16/h3-11,14H,2,12-13H2,1H3,(H2,19,21,22)/b20-14-. The molecule has 0 fully saturated rings. The predicted molar refractivity (Wildman–Crippen MR) is 97.3 cm³/mol. The zero-order valence-electron chi connectivity index (χ0n) is 12.8. The molecule has 0 aliphatic carbocycles. The van der Waals surface area contributed by atoms with E-state index in [4.69, 9.17) is 12.2 Å². The van der Waals surface area contributed by atoms with Gasteiger partial charge in [0.05, 0.1) is 6.21 Å². The number of nitrogens with one attached hydrogen (secondary N) is 2. The van der Waals surface area contributed by atoms with Crippen molar-refractivity contribution in [2.24, 2.45) is 5.10 Å². The number of hydrazone groups is 1. The average molecular weight is 311 g/mol. The van der Waals surface area contributed by atoms with Gasteiger partial charge in [-0.05, 0) is 41.7 Å². The number of nitrogens with zero attached hydrogens (tertiary/aromatic N) is 1. The molecule has 0 saturated carbocycles. The van der Waals surface area contributed by atoms with Crippen LogP contribution in [0.5, 0.6) is 0 Å². The summed E-state index contributed by atoms with van der Waals surface area (Å²) in [5, 5.41) is 7.83. The highest BCUT2D eigenvalue weighted by Gasteiger charge is 1.95. The van der Waals surface area contributed by atoms with Crippen molar-refractivity contribution >= 4 is 23.5 Å². The Hall–Kier alpha value is -2.20. The van der Waals surface area contributed by atoms with Gasteiger partial charge < -0.3 is 5.32 Å². The maximum atomic E-state index is 5.19. The lowest BCUT2D eigenvalue weighted by Gasteiger charge is -2.06. The summed E-state index contributed by atoms with van der Waals surface area (Å²) >= 11 is 5.19. The smallest absolute Gasteiger partial charge is 0.186 e. The molecule has 0 amide bonds. The van der Waals surface area contributed by atoms with Gasteiger partial charge >= 0.3 is 0 Å². The number of benzene rings is 2. The van der Waals surface area contributed by atoms with Gasteiger partial charge in [-0.2, -0.15) is 5.10 Å². The van der Waals surface area contributed by atoms with Crippen LogP contribution in [0.3, 0.4) is 0 Å². The zero-order chi connectivity index (χ0) is 15.6. The molecule has 0 unspecified atom stereocenters. The maximum absolute atomic E-state index is 5.19. The third-order valence-electron chi connectivity index (χ3n) is 3.31. The second kappa shape index (κ2) is 8.95. The van der Waals surface area contributed by atoms with Gasteiger partial charge in [0, 0.05) is 6.54 Å². The highest BCUT2D eigenvalue weighted by atomic mass is 32.1. The lowest BCUT2D eigenvalue weighted by atomic mass is 10.1. The lowest BCUT2D eigenvalue weighted by molar-refractivity contribution is 0.838. The van der Waals surface area contributed by atoms with E-state index < -0.39 is 0 Å². The van der Waals surface area contributed by atoms with Crippen LogP contribution in [0.1, 0.15) is 23.6 Å². The maximum Gasteiger partial charge on any atom is 0.186 e. The molecule has 3 nitrogen and oxygen atoms in total. The lowest BCUT2D eigenvalue weighted by Crippen LogP contribution is -2.33. The Labute approximate surface area is 137 Å². The van der Waals surface area contributed by atoms with Crippen molar-refractivity contribution in [2.75, 3.05) is 6.54 Å². The Morgan fingerprint density at radius 2 is 1.77 bits per heavy atom. The Kier molecular flexibility index (Phi) is 6.58. The third-order valence-corrected chi connectivity index (χ3v) is 3.55. The SMILES string of the molecule is CCc1ccc(/C=N\NC(=S)NCCc2ccccc2)cc1. The van der Waals surface area contributed by atoms with E-state index in [-0.39, 0.29) is 0 Å². The molecule has 0 radical (unpaired) electrons. The predicted octanol–water partition coefficient (Wildman–Crippen LogP) is 3.29. The van der Waals surface area contributed by atoms with Crippen LogP contribution >= 0.6 is 12.2 Å². The van der Waals surface area contributed by atoms with Gasteiger partial charge in [-0.25, -0.2) is 0 Å². The van der Waals surface area contributed by atoms with Gasteiger partial charge in [0.25, 0.3) is 0 Å². The molecule has 0 aliphatic heterocycles. The van der Waals surface area contributed by atoms with E-state index in [1.807, 2.05) is 18.2 Å². The number of rotatable bonds is 6. The summed E-state index contributed by atoms with van der Waals surface area (Å²) in [4.78, 5) is 0. The van der Waals surface area contributed by atoms with Crippen molar-refractivity contribution in [1.82, 2.24) is 10.7 Å². The first kappa shape index (κ1) is 16.2. The summed E-state index contributed by atoms with van der Waals surface area (Å²) in [6.45, 7) is 2.93. The molecule has 114 valence electrons. The van der Waals surface area contributed by atoms with Crippen LogP contribution < -0.4 is 10.7 Å². The Bertz CT molecular complexity index is 606. The molecule has 0 spiro atoms. The van der Waals surface area contributed by atoms with Crippen LogP contribution in [-0.2, 0) is 12.8 Å². The molecule has 0 bridgehead atoms. The van der Waals surface area contributed by atoms with Crippen molar-refractivity contribution in [3.8, 4) is 0 Å². The van der Waals surface area contributed by atoms with Crippen molar-refractivity contribution in [3.63, 3.8) is 0 Å². The molecule has 22 heavy (non-hydrogen) atoms. The summed E-state index contributed by atoms with van der Waals surface area (Å²) in [6, 6.07) is 18.6. The van der Waals surface area contributed by atoms with Crippen molar-refractivity contribution in [1.29, 1.82) is 0 Å². The molecule has 2 aromatic carbocycles. The number of aryl methyl sites for hydroxylation is 1. The normalized spacial score (nSPS) is 10.6. The molecular weight excluding hydrogens is 290 g/mol. The minimum Gasteiger partial charge on any atom is -0.361 e. The molecule has 2 N–H and O–H groups in total. The van der Waals surface area contributed by atoms with Crippen molar-refractivity contribution in [2.45, 2.75) is 19.8 Å². The van der Waals surface area contributed by atoms with E-state index in [2.05, 4.69) is 59.2 Å². The van der Waals surface area contributed by atoms with E-state index in [0.717, 1.165) is 24.9 Å². The van der Waals surface area contributed by atoms with Gasteiger partial charge in [-0.1, -0.05) is 61.5 Å². The van der Waals surface area contributed by atoms with E-state index >= 15 is 0 Å². The van der Waals surface area contributed by atoms with E-state index in [1.165, 1.54) is 11.1 Å². The van der Waals surface area contributed by atoms with Gasteiger partial charge in [0.15, 0.2) is 5.11 Å². The van der Waals surface area contributed by atoms with Crippen molar-refractivity contribution < 1.29 is 0 Å². The minimum absolute atomic E-state index is 0.539. The number of hydrogen-bond acceptors (Lipinski definition) is 2. The molecule has 0 heterocycles. The van der Waals surface area contributed by atoms with Crippen LogP contribution in [0, 0.1) is 0 Å². The molecule has 4 heteroatoms. The second-order valence-electron chi connectivity index (χ2n) is 4.96. The Morgan fingerprint density at radius 1 is 1.05 bits per heavy atom. The van der Waals surface area contributed by atoms with Gasteiger partial charge in [-0.15, -0.1) is 0 Å². The molecule has 0 saturated heterocycles. The Morgan fingerprint density at radius 3 is 2.45 bits per heavy atom. The van der Waals surface area contributed by atoms with Gasteiger partial charge in [0.2, 0.25) is 0 Å². The fourth-order valence-electron chi connectivity index (χ4n) is 2.01. The van der Waals surface area contributed by atoms with E-state index in [9.17, 15) is 0 Å². The molecule has 0 aromatic heterocycles. The monoisotopic (exact) mass is 311 g/mol. The first-order chi connectivity index (χ1) is 10.8. The number of thiocarbonyl (C=S) groups is 1. The van der Waals surface area contributed by atoms with E-state index in [0.29, 0.717) is 5.11 Å². The quantitative estimate of drug-likeness (QED) is 0.488. The van der Waals surface area contributed by atoms with Gasteiger partial charge in [-0.3, -0.25) is 5.43 Å². The van der Waals surface area contributed by atoms with Crippen LogP contribution in [0.2, 0.25) is 0 Å². The molecule has 2 rings (SSSR count). The summed E-state index contributed by atoms with van der Waals surface area (Å²) in [6.07, 6.45) is 3.75. The first-order valence-electron chi connectivity index (χ1n) is 7.47. The Balaban J connectivity index is 1.69. The molecule has 2 aromatic rings. The van der Waals surface area contributed by atoms with E-state index in [1.54, 1.807) is 6.21 Å². The van der Waals surface area contributed by atoms with Crippen LogP contribution in [-0.4, -0.2) is 17.9 Å². The highest BCUT2D eigenvalue weighted by molar-refractivity contribution is 7.80. The highest BCUT2D eigenvalue weighted by Crippen LogP contribution is 2.02. The molecule has 0 aliphatic rings. The average Bonchev–Trinajstić information content (AvgIpc) is 2.56. The molecule has 0 atom stereocenters. The number of hydrogen-bond donors (Lipinski definition) is 2. The summed E-state index contributed by atoms with van der Waals surface area (Å²) in [5.74, 6) is 0. The van der Waals surface area contributed by atoms with Crippen molar-refractivity contribution in [3.05, 3.63) is 71.3 Å². The topological polar surface area (TPSA) is 36.4 Å². The van der Waals surface area contributed by atoms with Crippen LogP contribution in [0.15, 0.2) is 59.7 Å². The summed E-state index contributed by atoms with van der Waals surface area (Å²) in [5.41, 5.74) is 6.50. The second-order valence-corrected chi connectivity index (χ2v) is 5.36. The van der Waals surface area contributed by atoms with Crippen LogP contribution in [0.4, 0.5) is 0 Å². The summed E-state index contributed by atoms with van der Waals surface area (Å²) in [7, 11) is 0. The van der Waals surface area contributed by atoms with Crippen LogP contribution in [0.25, 0.3) is 0 Å². The largest absolute Gasteiger partial charge is 0.361 e. The van der Waals surface area contributed by atoms with Gasteiger partial charge in [0.1, 0.15) is 0 Å². The zero-order valence-corrected chi connectivity index (χ0v) is 13.6. The first-order valence-corrected chi connectivity index (χ1v) is 7.88. The fourth-order valence-corrected chi connectivity index (χ4v) is 2.16.